The molecule has 1 N–H and O–H groups in total. The van der Waals surface area contributed by atoms with Gasteiger partial charge in [0.05, 0.1) is 12.3 Å². The van der Waals surface area contributed by atoms with E-state index < -0.39 is 0 Å². The second kappa shape index (κ2) is 7.85. The van der Waals surface area contributed by atoms with Crippen molar-refractivity contribution in [2.45, 2.75) is 38.1 Å². The van der Waals surface area contributed by atoms with E-state index in [9.17, 15) is 9.90 Å². The van der Waals surface area contributed by atoms with Crippen molar-refractivity contribution in [3.63, 3.8) is 0 Å². The van der Waals surface area contributed by atoms with Crippen LogP contribution in [0.2, 0.25) is 0 Å². The zero-order valence-electron chi connectivity index (χ0n) is 13.3. The molecule has 0 saturated heterocycles. The van der Waals surface area contributed by atoms with E-state index >= 15 is 0 Å². The lowest BCUT2D eigenvalue weighted by Crippen LogP contribution is -2.43. The Morgan fingerprint density at radius 1 is 1.25 bits per heavy atom. The molecule has 0 atom stereocenters. The number of rotatable bonds is 5. The summed E-state index contributed by atoms with van der Waals surface area (Å²) in [5.41, 5.74) is 0.733. The molecule has 1 aromatic carbocycles. The van der Waals surface area contributed by atoms with Gasteiger partial charge in [0.2, 0.25) is 0 Å². The Kier molecular flexibility index (Phi) is 5.57. The number of halogens is 1. The van der Waals surface area contributed by atoms with Gasteiger partial charge in [0.25, 0.3) is 11.7 Å². The summed E-state index contributed by atoms with van der Waals surface area (Å²) < 4.78 is 0.953. The van der Waals surface area contributed by atoms with Crippen LogP contribution in [0.3, 0.4) is 0 Å². The minimum atomic E-state index is -0.265. The number of carbonyl (C=O) groups is 1. The average molecular weight is 394 g/mol. The van der Waals surface area contributed by atoms with Gasteiger partial charge in [0.15, 0.2) is 0 Å². The number of hydrogen-bond donors (Lipinski definition) is 1. The molecular weight excluding hydrogens is 374 g/mol. The van der Waals surface area contributed by atoms with Gasteiger partial charge in [-0.2, -0.15) is 0 Å². The molecule has 1 heterocycles. The average Bonchev–Trinajstić information content (AvgIpc) is 3.10. The quantitative estimate of drug-likeness (QED) is 0.841. The fourth-order valence-corrected chi connectivity index (χ4v) is 3.33. The summed E-state index contributed by atoms with van der Waals surface area (Å²) >= 11 is 3.38. The van der Waals surface area contributed by atoms with Gasteiger partial charge in [-0.25, -0.2) is 0 Å². The van der Waals surface area contributed by atoms with Crippen molar-refractivity contribution >= 4 is 21.8 Å². The number of benzene rings is 1. The molecule has 1 aliphatic carbocycles. The SMILES string of the molecule is O=C(c1nnn(-c2ccc(Br)cc2)n1)N(CCO)C1CCCCC1. The highest BCUT2D eigenvalue weighted by molar-refractivity contribution is 9.10. The number of nitrogens with zero attached hydrogens (tertiary/aromatic N) is 5. The van der Waals surface area contributed by atoms with Crippen LogP contribution in [0.5, 0.6) is 0 Å². The van der Waals surface area contributed by atoms with Gasteiger partial charge in [-0.1, -0.05) is 35.2 Å². The third-order valence-corrected chi connectivity index (χ3v) is 4.81. The molecule has 2 aromatic rings. The van der Waals surface area contributed by atoms with Gasteiger partial charge in [0.1, 0.15) is 0 Å². The van der Waals surface area contributed by atoms with Crippen LogP contribution in [0.1, 0.15) is 42.7 Å². The third kappa shape index (κ3) is 3.81. The van der Waals surface area contributed by atoms with Gasteiger partial charge in [-0.15, -0.1) is 15.0 Å². The summed E-state index contributed by atoms with van der Waals surface area (Å²) in [7, 11) is 0. The van der Waals surface area contributed by atoms with Gasteiger partial charge in [-0.05, 0) is 42.3 Å². The van der Waals surface area contributed by atoms with Crippen molar-refractivity contribution in [2.75, 3.05) is 13.2 Å². The molecule has 1 saturated carbocycles. The van der Waals surface area contributed by atoms with E-state index in [0.29, 0.717) is 6.54 Å². The summed E-state index contributed by atoms with van der Waals surface area (Å²) in [6.07, 6.45) is 5.35. The minimum absolute atomic E-state index is 0.0664. The molecule has 1 aliphatic rings. The highest BCUT2D eigenvalue weighted by Gasteiger charge is 2.28. The molecule has 8 heteroatoms. The van der Waals surface area contributed by atoms with Crippen molar-refractivity contribution < 1.29 is 9.90 Å². The summed E-state index contributed by atoms with van der Waals surface area (Å²) in [6.45, 7) is 0.236. The molecule has 1 amide bonds. The first kappa shape index (κ1) is 17.0. The smallest absolute Gasteiger partial charge is 0.295 e. The minimum Gasteiger partial charge on any atom is -0.395 e. The maximum atomic E-state index is 12.8. The Labute approximate surface area is 148 Å². The number of aliphatic hydroxyl groups is 1. The van der Waals surface area contributed by atoms with E-state index in [1.54, 1.807) is 4.90 Å². The van der Waals surface area contributed by atoms with Crippen LogP contribution >= 0.6 is 15.9 Å². The first-order valence-corrected chi connectivity index (χ1v) is 8.96. The number of tetrazole rings is 1. The maximum Gasteiger partial charge on any atom is 0.295 e. The van der Waals surface area contributed by atoms with Crippen molar-refractivity contribution in [3.8, 4) is 5.69 Å². The summed E-state index contributed by atoms with van der Waals surface area (Å²) in [4.78, 5) is 15.8. The monoisotopic (exact) mass is 393 g/mol. The topological polar surface area (TPSA) is 84.1 Å². The van der Waals surface area contributed by atoms with E-state index in [1.165, 1.54) is 11.2 Å². The molecule has 0 radical (unpaired) electrons. The molecule has 0 unspecified atom stereocenters. The number of hydrogen-bond acceptors (Lipinski definition) is 5. The fraction of sp³-hybridized carbons (Fsp3) is 0.500. The van der Waals surface area contributed by atoms with Crippen LogP contribution in [-0.4, -0.2) is 55.3 Å². The van der Waals surface area contributed by atoms with E-state index in [2.05, 4.69) is 31.3 Å². The predicted octanol–water partition coefficient (Wildman–Crippen LogP) is 2.19. The number of amides is 1. The van der Waals surface area contributed by atoms with Crippen LogP contribution in [0.15, 0.2) is 28.7 Å². The lowest BCUT2D eigenvalue weighted by molar-refractivity contribution is 0.0573. The number of aliphatic hydroxyl groups excluding tert-OH is 1. The van der Waals surface area contributed by atoms with Gasteiger partial charge in [0, 0.05) is 17.1 Å². The van der Waals surface area contributed by atoms with Crippen LogP contribution in [0.25, 0.3) is 5.69 Å². The normalized spacial score (nSPS) is 15.4. The highest BCUT2D eigenvalue weighted by atomic mass is 79.9. The Hall–Kier alpha value is -1.80. The predicted molar refractivity (Wildman–Crippen MR) is 91.8 cm³/mol. The zero-order valence-corrected chi connectivity index (χ0v) is 14.9. The number of carbonyl (C=O) groups excluding carboxylic acids is 1. The molecule has 3 rings (SSSR count). The molecule has 128 valence electrons. The van der Waals surface area contributed by atoms with Crippen LogP contribution in [0.4, 0.5) is 0 Å². The van der Waals surface area contributed by atoms with Gasteiger partial charge < -0.3 is 10.0 Å². The van der Waals surface area contributed by atoms with E-state index in [4.69, 9.17) is 0 Å². The summed E-state index contributed by atoms with van der Waals surface area (Å²) in [5, 5.41) is 21.4. The third-order valence-electron chi connectivity index (χ3n) is 4.28. The molecular formula is C16H20BrN5O2. The highest BCUT2D eigenvalue weighted by Crippen LogP contribution is 2.23. The second-order valence-electron chi connectivity index (χ2n) is 5.89. The van der Waals surface area contributed by atoms with Crippen LogP contribution in [-0.2, 0) is 0 Å². The van der Waals surface area contributed by atoms with Crippen LogP contribution < -0.4 is 0 Å². The van der Waals surface area contributed by atoms with Crippen molar-refractivity contribution in [1.82, 2.24) is 25.1 Å². The maximum absolute atomic E-state index is 12.8. The first-order chi connectivity index (χ1) is 11.7. The van der Waals surface area contributed by atoms with Gasteiger partial charge >= 0.3 is 0 Å². The lowest BCUT2D eigenvalue weighted by Gasteiger charge is -2.33. The Morgan fingerprint density at radius 3 is 2.62 bits per heavy atom. The molecule has 0 bridgehead atoms. The molecule has 7 nitrogen and oxygen atoms in total. The van der Waals surface area contributed by atoms with E-state index in [1.807, 2.05) is 24.3 Å². The first-order valence-electron chi connectivity index (χ1n) is 8.17. The Bertz CT molecular complexity index is 682. The van der Waals surface area contributed by atoms with Crippen molar-refractivity contribution in [1.29, 1.82) is 0 Å². The van der Waals surface area contributed by atoms with Crippen molar-refractivity contribution in [3.05, 3.63) is 34.6 Å². The number of aromatic nitrogens is 4. The van der Waals surface area contributed by atoms with Gasteiger partial charge in [-0.3, -0.25) is 4.79 Å². The van der Waals surface area contributed by atoms with E-state index in [-0.39, 0.29) is 24.4 Å². The summed E-state index contributed by atoms with van der Waals surface area (Å²) in [6, 6.07) is 7.58. The summed E-state index contributed by atoms with van der Waals surface area (Å²) in [5.74, 6) is -0.198. The van der Waals surface area contributed by atoms with E-state index in [0.717, 1.165) is 35.8 Å². The molecule has 1 fully saturated rings. The Balaban J connectivity index is 1.78. The zero-order chi connectivity index (χ0) is 16.9. The second-order valence-corrected chi connectivity index (χ2v) is 6.81. The lowest BCUT2D eigenvalue weighted by atomic mass is 9.94. The Morgan fingerprint density at radius 2 is 1.96 bits per heavy atom. The fourth-order valence-electron chi connectivity index (χ4n) is 3.06. The molecule has 0 aliphatic heterocycles. The molecule has 1 aromatic heterocycles. The molecule has 24 heavy (non-hydrogen) atoms. The molecule has 0 spiro atoms. The van der Waals surface area contributed by atoms with Crippen LogP contribution in [0, 0.1) is 0 Å². The standard InChI is InChI=1S/C16H20BrN5O2/c17-12-6-8-14(9-7-12)22-19-15(18-20-22)16(24)21(10-11-23)13-4-2-1-3-5-13/h6-9,13,23H,1-5,10-11H2. The largest absolute Gasteiger partial charge is 0.395 e. The van der Waals surface area contributed by atoms with Crippen molar-refractivity contribution in [2.24, 2.45) is 0 Å².